The summed E-state index contributed by atoms with van der Waals surface area (Å²) < 4.78 is 18.2. The first kappa shape index (κ1) is 16.4. The van der Waals surface area contributed by atoms with E-state index in [1.54, 1.807) is 11.6 Å². The van der Waals surface area contributed by atoms with Crippen molar-refractivity contribution in [1.82, 2.24) is 14.6 Å². The van der Waals surface area contributed by atoms with Crippen molar-refractivity contribution in [2.75, 3.05) is 25.9 Å². The molecule has 0 aliphatic carbocycles. The predicted octanol–water partition coefficient (Wildman–Crippen LogP) is 3.90. The van der Waals surface area contributed by atoms with Gasteiger partial charge in [-0.3, -0.25) is 0 Å². The smallest absolute Gasteiger partial charge is 0.231 e. The molecule has 0 amide bonds. The van der Waals surface area contributed by atoms with E-state index in [2.05, 4.69) is 5.10 Å². The summed E-state index contributed by atoms with van der Waals surface area (Å²) in [5.74, 6) is 3.08. The summed E-state index contributed by atoms with van der Waals surface area (Å²) in [6, 6.07) is 15.6. The van der Waals surface area contributed by atoms with Crippen LogP contribution in [0.2, 0.25) is 0 Å². The van der Waals surface area contributed by atoms with Crippen LogP contribution in [-0.2, 0) is 0 Å². The quantitative estimate of drug-likeness (QED) is 0.540. The fourth-order valence-electron chi connectivity index (χ4n) is 3.33. The second kappa shape index (κ2) is 6.45. The van der Waals surface area contributed by atoms with Crippen LogP contribution in [0.5, 0.6) is 17.2 Å². The molecule has 1 aliphatic rings. The average Bonchev–Trinajstić information content (AvgIpc) is 3.38. The average molecular weight is 374 g/mol. The minimum absolute atomic E-state index is 0.255. The standard InChI is InChI=1S/C21H18N4O3/c1-24(14-7-8-18-19(11-14)28-13-27-18)20-9-10-25-21(23-20)16(12-22-25)15-5-3-4-6-17(15)26-2/h3-12H,13H2,1-2H3. The van der Waals surface area contributed by atoms with Crippen LogP contribution >= 0.6 is 0 Å². The Hall–Kier alpha value is -3.74. The molecule has 0 saturated carbocycles. The summed E-state index contributed by atoms with van der Waals surface area (Å²) in [5.41, 5.74) is 3.59. The molecule has 0 saturated heterocycles. The van der Waals surface area contributed by atoms with Gasteiger partial charge in [-0.1, -0.05) is 18.2 Å². The summed E-state index contributed by atoms with van der Waals surface area (Å²) in [4.78, 5) is 6.86. The lowest BCUT2D eigenvalue weighted by Crippen LogP contribution is -2.11. The molecule has 28 heavy (non-hydrogen) atoms. The molecule has 7 heteroatoms. The van der Waals surface area contributed by atoms with E-state index in [0.29, 0.717) is 0 Å². The summed E-state index contributed by atoms with van der Waals surface area (Å²) in [6.45, 7) is 0.255. The monoisotopic (exact) mass is 374 g/mol. The van der Waals surface area contributed by atoms with Crippen LogP contribution in [0.1, 0.15) is 0 Å². The van der Waals surface area contributed by atoms with E-state index < -0.39 is 0 Å². The third-order valence-electron chi connectivity index (χ3n) is 4.84. The number of para-hydroxylation sites is 1. The highest BCUT2D eigenvalue weighted by Gasteiger charge is 2.17. The molecule has 0 N–H and O–H groups in total. The number of aromatic nitrogens is 3. The third-order valence-corrected chi connectivity index (χ3v) is 4.84. The Morgan fingerprint density at radius 2 is 1.89 bits per heavy atom. The number of hydrogen-bond acceptors (Lipinski definition) is 6. The van der Waals surface area contributed by atoms with Crippen molar-refractivity contribution >= 4 is 17.2 Å². The fourth-order valence-corrected chi connectivity index (χ4v) is 3.33. The highest BCUT2D eigenvalue weighted by Crippen LogP contribution is 2.37. The molecule has 4 aromatic rings. The lowest BCUT2D eigenvalue weighted by Gasteiger charge is -2.19. The van der Waals surface area contributed by atoms with E-state index in [1.165, 1.54) is 0 Å². The van der Waals surface area contributed by atoms with Crippen molar-refractivity contribution in [3.63, 3.8) is 0 Å². The molecule has 2 aromatic heterocycles. The number of fused-ring (bicyclic) bond motifs is 2. The Balaban J connectivity index is 1.58. The van der Waals surface area contributed by atoms with Crippen molar-refractivity contribution in [1.29, 1.82) is 0 Å². The minimum Gasteiger partial charge on any atom is -0.496 e. The summed E-state index contributed by atoms with van der Waals surface area (Å²) in [5, 5.41) is 4.43. The molecule has 2 aromatic carbocycles. The van der Waals surface area contributed by atoms with E-state index in [-0.39, 0.29) is 6.79 Å². The first-order valence-corrected chi connectivity index (χ1v) is 8.86. The van der Waals surface area contributed by atoms with Gasteiger partial charge >= 0.3 is 0 Å². The zero-order chi connectivity index (χ0) is 19.1. The Kier molecular flexibility index (Phi) is 3.79. The molecule has 140 valence electrons. The molecule has 0 bridgehead atoms. The van der Waals surface area contributed by atoms with Crippen LogP contribution in [-0.4, -0.2) is 35.5 Å². The van der Waals surface area contributed by atoms with Gasteiger partial charge in [-0.15, -0.1) is 0 Å². The topological polar surface area (TPSA) is 61.1 Å². The fraction of sp³-hybridized carbons (Fsp3) is 0.143. The number of nitrogens with zero attached hydrogens (tertiary/aromatic N) is 4. The Morgan fingerprint density at radius 1 is 1.04 bits per heavy atom. The Morgan fingerprint density at radius 3 is 2.79 bits per heavy atom. The van der Waals surface area contributed by atoms with Crippen LogP contribution in [0.4, 0.5) is 11.5 Å². The molecule has 0 atom stereocenters. The van der Waals surface area contributed by atoms with Crippen LogP contribution in [0.3, 0.4) is 0 Å². The highest BCUT2D eigenvalue weighted by molar-refractivity contribution is 5.82. The number of methoxy groups -OCH3 is 1. The first-order valence-electron chi connectivity index (χ1n) is 8.86. The van der Waals surface area contributed by atoms with Gasteiger partial charge in [0.2, 0.25) is 6.79 Å². The third kappa shape index (κ3) is 2.60. The lowest BCUT2D eigenvalue weighted by atomic mass is 10.1. The first-order chi connectivity index (χ1) is 13.7. The SMILES string of the molecule is COc1ccccc1-c1cnn2ccc(N(C)c3ccc4c(c3)OCO4)nc12. The Labute approximate surface area is 161 Å². The van der Waals surface area contributed by atoms with Crippen molar-refractivity contribution in [3.05, 3.63) is 60.9 Å². The molecule has 5 rings (SSSR count). The Bertz CT molecular complexity index is 1170. The molecular formula is C21H18N4O3. The zero-order valence-electron chi connectivity index (χ0n) is 15.5. The van der Waals surface area contributed by atoms with Gasteiger partial charge in [0.1, 0.15) is 11.6 Å². The van der Waals surface area contributed by atoms with Crippen molar-refractivity contribution < 1.29 is 14.2 Å². The van der Waals surface area contributed by atoms with Crippen LogP contribution in [0.25, 0.3) is 16.8 Å². The number of ether oxygens (including phenoxy) is 3. The number of rotatable bonds is 4. The second-order valence-corrected chi connectivity index (χ2v) is 6.41. The van der Waals surface area contributed by atoms with Gasteiger partial charge in [0, 0.05) is 30.6 Å². The van der Waals surface area contributed by atoms with E-state index in [4.69, 9.17) is 19.2 Å². The maximum atomic E-state index is 5.51. The van der Waals surface area contributed by atoms with Gasteiger partial charge in [0.05, 0.1) is 18.9 Å². The largest absolute Gasteiger partial charge is 0.496 e. The van der Waals surface area contributed by atoms with Crippen molar-refractivity contribution in [2.45, 2.75) is 0 Å². The highest BCUT2D eigenvalue weighted by atomic mass is 16.7. The van der Waals surface area contributed by atoms with E-state index in [9.17, 15) is 0 Å². The molecule has 7 nitrogen and oxygen atoms in total. The van der Waals surface area contributed by atoms with Gasteiger partial charge in [0.25, 0.3) is 0 Å². The van der Waals surface area contributed by atoms with Gasteiger partial charge in [0.15, 0.2) is 17.1 Å². The maximum Gasteiger partial charge on any atom is 0.231 e. The van der Waals surface area contributed by atoms with E-state index in [0.717, 1.165) is 45.5 Å². The van der Waals surface area contributed by atoms with Crippen molar-refractivity contribution in [3.8, 4) is 28.4 Å². The molecule has 0 spiro atoms. The van der Waals surface area contributed by atoms with Gasteiger partial charge in [-0.2, -0.15) is 5.10 Å². The number of hydrogen-bond donors (Lipinski definition) is 0. The van der Waals surface area contributed by atoms with Crippen LogP contribution < -0.4 is 19.1 Å². The zero-order valence-corrected chi connectivity index (χ0v) is 15.5. The van der Waals surface area contributed by atoms with E-state index in [1.807, 2.05) is 72.9 Å². The predicted molar refractivity (Wildman–Crippen MR) is 106 cm³/mol. The van der Waals surface area contributed by atoms with Gasteiger partial charge in [-0.05, 0) is 24.3 Å². The molecule has 0 fully saturated rings. The van der Waals surface area contributed by atoms with E-state index >= 15 is 0 Å². The van der Waals surface area contributed by atoms with Gasteiger partial charge in [-0.25, -0.2) is 9.50 Å². The maximum absolute atomic E-state index is 5.51. The normalized spacial score (nSPS) is 12.4. The summed E-state index contributed by atoms with van der Waals surface area (Å²) >= 11 is 0. The van der Waals surface area contributed by atoms with Crippen molar-refractivity contribution in [2.24, 2.45) is 0 Å². The molecule has 1 aliphatic heterocycles. The number of benzene rings is 2. The van der Waals surface area contributed by atoms with Gasteiger partial charge < -0.3 is 19.1 Å². The van der Waals surface area contributed by atoms with Crippen LogP contribution in [0, 0.1) is 0 Å². The minimum atomic E-state index is 0.255. The molecular weight excluding hydrogens is 356 g/mol. The number of anilines is 2. The summed E-state index contributed by atoms with van der Waals surface area (Å²) in [7, 11) is 3.63. The lowest BCUT2D eigenvalue weighted by molar-refractivity contribution is 0.174. The second-order valence-electron chi connectivity index (χ2n) is 6.41. The molecule has 3 heterocycles. The molecule has 0 radical (unpaired) electrons. The molecule has 0 unspecified atom stereocenters. The summed E-state index contributed by atoms with van der Waals surface area (Å²) in [6.07, 6.45) is 3.71. The van der Waals surface area contributed by atoms with Crippen LogP contribution in [0.15, 0.2) is 60.9 Å².